The number of nitrogens with one attached hydrogen (secondary N) is 1. The standard InChI is InChI=1S/C10H5F5N2O/c11-5-1-4(2-6(12)9(5)13)17-8(18)3-7(16-17)10(14)15/h1-3,10,16H. The fraction of sp³-hybridized carbons (Fsp3) is 0.100. The van der Waals surface area contributed by atoms with Crippen LogP contribution in [0.3, 0.4) is 0 Å². The minimum Gasteiger partial charge on any atom is -0.289 e. The molecular formula is C10H5F5N2O. The maximum atomic E-state index is 12.9. The molecule has 2 aromatic rings. The van der Waals surface area contributed by atoms with Crippen LogP contribution in [-0.4, -0.2) is 9.78 Å². The molecule has 0 aliphatic rings. The van der Waals surface area contributed by atoms with E-state index in [1.165, 1.54) is 0 Å². The number of hydrogen-bond donors (Lipinski definition) is 1. The average molecular weight is 264 g/mol. The van der Waals surface area contributed by atoms with Gasteiger partial charge in [0.15, 0.2) is 17.5 Å². The van der Waals surface area contributed by atoms with E-state index < -0.39 is 40.8 Å². The van der Waals surface area contributed by atoms with Gasteiger partial charge in [0.25, 0.3) is 12.0 Å². The molecule has 1 aromatic carbocycles. The normalized spacial score (nSPS) is 11.2. The number of aromatic amines is 1. The highest BCUT2D eigenvalue weighted by molar-refractivity contribution is 5.33. The van der Waals surface area contributed by atoms with E-state index in [1.807, 2.05) is 5.10 Å². The molecule has 96 valence electrons. The molecule has 0 amide bonds. The summed E-state index contributed by atoms with van der Waals surface area (Å²) < 4.78 is 63.7. The van der Waals surface area contributed by atoms with Crippen LogP contribution in [0.2, 0.25) is 0 Å². The van der Waals surface area contributed by atoms with E-state index in [0.717, 1.165) is 0 Å². The minimum absolute atomic E-state index is 0.414. The number of hydrogen-bond acceptors (Lipinski definition) is 1. The first-order chi connectivity index (χ1) is 8.40. The van der Waals surface area contributed by atoms with E-state index in [2.05, 4.69) is 0 Å². The minimum atomic E-state index is -2.94. The Balaban J connectivity index is 2.59. The number of aromatic nitrogens is 2. The molecular weight excluding hydrogens is 259 g/mol. The van der Waals surface area contributed by atoms with Gasteiger partial charge in [0.1, 0.15) is 5.69 Å². The van der Waals surface area contributed by atoms with E-state index in [-0.39, 0.29) is 0 Å². The lowest BCUT2D eigenvalue weighted by Crippen LogP contribution is -2.14. The van der Waals surface area contributed by atoms with Crippen molar-refractivity contribution in [2.24, 2.45) is 0 Å². The van der Waals surface area contributed by atoms with Crippen LogP contribution in [0.25, 0.3) is 5.69 Å². The Morgan fingerprint density at radius 1 is 1.06 bits per heavy atom. The first kappa shape index (κ1) is 12.3. The van der Waals surface area contributed by atoms with Gasteiger partial charge in [-0.25, -0.2) is 26.6 Å². The van der Waals surface area contributed by atoms with Gasteiger partial charge < -0.3 is 0 Å². The topological polar surface area (TPSA) is 37.8 Å². The molecule has 0 aliphatic carbocycles. The molecule has 0 unspecified atom stereocenters. The van der Waals surface area contributed by atoms with Crippen LogP contribution in [0, 0.1) is 17.5 Å². The van der Waals surface area contributed by atoms with Crippen molar-refractivity contribution < 1.29 is 22.0 Å². The number of nitrogens with zero attached hydrogens (tertiary/aromatic N) is 1. The predicted octanol–water partition coefficient (Wildman–Crippen LogP) is 2.52. The molecule has 0 spiro atoms. The third kappa shape index (κ3) is 2.01. The molecule has 0 radical (unpaired) electrons. The van der Waals surface area contributed by atoms with Gasteiger partial charge in [-0.1, -0.05) is 0 Å². The Bertz CT molecular complexity index is 623. The Morgan fingerprint density at radius 3 is 2.06 bits per heavy atom. The number of rotatable bonds is 2. The van der Waals surface area contributed by atoms with Crippen LogP contribution in [-0.2, 0) is 0 Å². The van der Waals surface area contributed by atoms with Gasteiger partial charge in [-0.2, -0.15) is 0 Å². The van der Waals surface area contributed by atoms with Crippen LogP contribution >= 0.6 is 0 Å². The second-order valence-corrected chi connectivity index (χ2v) is 3.41. The van der Waals surface area contributed by atoms with Crippen molar-refractivity contribution in [3.8, 4) is 5.69 Å². The van der Waals surface area contributed by atoms with Crippen molar-refractivity contribution in [2.75, 3.05) is 0 Å². The zero-order chi connectivity index (χ0) is 13.4. The summed E-state index contributed by atoms with van der Waals surface area (Å²) >= 11 is 0. The van der Waals surface area contributed by atoms with Crippen LogP contribution in [0.5, 0.6) is 0 Å². The highest BCUT2D eigenvalue weighted by Crippen LogP contribution is 2.18. The Kier molecular flexibility index (Phi) is 2.93. The molecule has 1 N–H and O–H groups in total. The fourth-order valence-electron chi connectivity index (χ4n) is 1.39. The molecule has 1 heterocycles. The highest BCUT2D eigenvalue weighted by atomic mass is 19.3. The molecule has 1 aromatic heterocycles. The van der Waals surface area contributed by atoms with Gasteiger partial charge in [0.2, 0.25) is 0 Å². The van der Waals surface area contributed by atoms with E-state index in [9.17, 15) is 26.7 Å². The Labute approximate surface area is 96.4 Å². The molecule has 0 atom stereocenters. The van der Waals surface area contributed by atoms with Gasteiger partial charge in [-0.05, 0) is 0 Å². The summed E-state index contributed by atoms with van der Waals surface area (Å²) in [5.74, 6) is -4.75. The fourth-order valence-corrected chi connectivity index (χ4v) is 1.39. The summed E-state index contributed by atoms with van der Waals surface area (Å²) in [6.07, 6.45) is -2.94. The Hall–Kier alpha value is -2.12. The van der Waals surface area contributed by atoms with Crippen molar-refractivity contribution in [3.63, 3.8) is 0 Å². The molecule has 8 heteroatoms. The number of H-pyrrole nitrogens is 1. The first-order valence-electron chi connectivity index (χ1n) is 4.65. The highest BCUT2D eigenvalue weighted by Gasteiger charge is 2.16. The smallest absolute Gasteiger partial charge is 0.279 e. The van der Waals surface area contributed by atoms with Crippen LogP contribution in [0.1, 0.15) is 12.1 Å². The van der Waals surface area contributed by atoms with E-state index in [1.54, 1.807) is 0 Å². The summed E-state index contributed by atoms with van der Waals surface area (Å²) in [5.41, 5.74) is -2.05. The summed E-state index contributed by atoms with van der Waals surface area (Å²) in [6.45, 7) is 0. The zero-order valence-electron chi connectivity index (χ0n) is 8.55. The van der Waals surface area contributed by atoms with Gasteiger partial charge >= 0.3 is 0 Å². The first-order valence-corrected chi connectivity index (χ1v) is 4.65. The lowest BCUT2D eigenvalue weighted by molar-refractivity contribution is 0.145. The number of benzene rings is 1. The van der Waals surface area contributed by atoms with Crippen LogP contribution in [0.15, 0.2) is 23.0 Å². The lowest BCUT2D eigenvalue weighted by atomic mass is 10.3. The maximum Gasteiger partial charge on any atom is 0.279 e. The van der Waals surface area contributed by atoms with Crippen molar-refractivity contribution in [3.05, 3.63) is 51.7 Å². The average Bonchev–Trinajstić information content (AvgIpc) is 2.68. The largest absolute Gasteiger partial charge is 0.289 e. The second-order valence-electron chi connectivity index (χ2n) is 3.41. The van der Waals surface area contributed by atoms with E-state index >= 15 is 0 Å². The molecule has 0 saturated heterocycles. The van der Waals surface area contributed by atoms with Crippen molar-refractivity contribution in [2.45, 2.75) is 6.43 Å². The number of alkyl halides is 2. The summed E-state index contributed by atoms with van der Waals surface area (Å²) in [4.78, 5) is 11.3. The summed E-state index contributed by atoms with van der Waals surface area (Å²) in [5, 5.41) is 1.97. The molecule has 0 bridgehead atoms. The molecule has 0 saturated carbocycles. The quantitative estimate of drug-likeness (QED) is 0.656. The van der Waals surface area contributed by atoms with E-state index in [0.29, 0.717) is 22.9 Å². The van der Waals surface area contributed by atoms with Gasteiger partial charge in [-0.3, -0.25) is 9.89 Å². The second kappa shape index (κ2) is 4.28. The van der Waals surface area contributed by atoms with E-state index in [4.69, 9.17) is 0 Å². The molecule has 2 rings (SSSR count). The predicted molar refractivity (Wildman–Crippen MR) is 51.2 cm³/mol. The van der Waals surface area contributed by atoms with Crippen LogP contribution < -0.4 is 5.56 Å². The molecule has 0 fully saturated rings. The summed E-state index contributed by atoms with van der Waals surface area (Å²) in [6, 6.07) is 1.63. The maximum absolute atomic E-state index is 12.9. The molecule has 18 heavy (non-hydrogen) atoms. The van der Waals surface area contributed by atoms with Crippen molar-refractivity contribution in [1.29, 1.82) is 0 Å². The van der Waals surface area contributed by atoms with Crippen molar-refractivity contribution >= 4 is 0 Å². The van der Waals surface area contributed by atoms with Crippen LogP contribution in [0.4, 0.5) is 22.0 Å². The third-order valence-electron chi connectivity index (χ3n) is 2.20. The van der Waals surface area contributed by atoms with Gasteiger partial charge in [0.05, 0.1) is 5.69 Å². The number of halogens is 5. The monoisotopic (exact) mass is 264 g/mol. The lowest BCUT2D eigenvalue weighted by Gasteiger charge is -2.03. The summed E-state index contributed by atoms with van der Waals surface area (Å²) in [7, 11) is 0. The Morgan fingerprint density at radius 2 is 1.61 bits per heavy atom. The SMILES string of the molecule is O=c1cc(C(F)F)[nH]n1-c1cc(F)c(F)c(F)c1. The molecule has 3 nitrogen and oxygen atoms in total. The van der Waals surface area contributed by atoms with Gasteiger partial charge in [-0.15, -0.1) is 0 Å². The van der Waals surface area contributed by atoms with Crippen molar-refractivity contribution in [1.82, 2.24) is 9.78 Å². The molecule has 0 aliphatic heterocycles. The third-order valence-corrected chi connectivity index (χ3v) is 2.20. The van der Waals surface area contributed by atoms with Gasteiger partial charge in [0, 0.05) is 18.2 Å². The zero-order valence-corrected chi connectivity index (χ0v) is 8.55.